The van der Waals surface area contributed by atoms with Gasteiger partial charge in [0.15, 0.2) is 0 Å². The molecule has 0 radical (unpaired) electrons. The average Bonchev–Trinajstić information content (AvgIpc) is 3.25. The van der Waals surface area contributed by atoms with Crippen molar-refractivity contribution < 1.29 is 24.1 Å². The molecule has 1 N–H and O–H groups in total. The molecular weight excluding hydrogens is 526 g/mol. The van der Waals surface area contributed by atoms with Crippen molar-refractivity contribution in [3.8, 4) is 34.5 Å². The highest BCUT2D eigenvalue weighted by atomic mass is 28.3. The van der Waals surface area contributed by atoms with E-state index < -0.39 is 19.5 Å². The number of rotatable bonds is 13. The summed E-state index contributed by atoms with van der Waals surface area (Å²) in [5.41, 5.74) is 2.66. The van der Waals surface area contributed by atoms with Crippen LogP contribution in [0.25, 0.3) is 22.6 Å². The highest BCUT2D eigenvalue weighted by Crippen LogP contribution is 2.41. The molecule has 3 aromatic rings. The summed E-state index contributed by atoms with van der Waals surface area (Å²) in [5.74, 6) is 0.129. The molecule has 0 aromatic carbocycles. The maximum Gasteiger partial charge on any atom is 0.317 e. The maximum absolute atomic E-state index is 11.6. The second-order valence-electron chi connectivity index (χ2n) is 12.2. The Balaban J connectivity index is 1.26. The summed E-state index contributed by atoms with van der Waals surface area (Å²) < 4.78 is 19.5. The minimum Gasteiger partial charge on any atom is -0.481 e. The summed E-state index contributed by atoms with van der Waals surface area (Å²) >= 11 is 0. The fourth-order valence-electron chi connectivity index (χ4n) is 4.61. The number of carbonyl (C=O) groups is 1. The second kappa shape index (κ2) is 11.7. The third kappa shape index (κ3) is 6.52. The van der Waals surface area contributed by atoms with Crippen molar-refractivity contribution in [2.24, 2.45) is 5.41 Å². The van der Waals surface area contributed by atoms with E-state index in [1.54, 1.807) is 17.1 Å². The number of pyridine rings is 2. The maximum atomic E-state index is 11.6. The van der Waals surface area contributed by atoms with E-state index in [1.807, 2.05) is 25.1 Å². The number of carboxylic acids is 1. The van der Waals surface area contributed by atoms with Crippen molar-refractivity contribution in [2.45, 2.75) is 84.0 Å². The Morgan fingerprint density at radius 3 is 2.52 bits per heavy atom. The predicted octanol–water partition coefficient (Wildman–Crippen LogP) is 5.59. The van der Waals surface area contributed by atoms with E-state index in [2.05, 4.69) is 39.7 Å². The van der Waals surface area contributed by atoms with Gasteiger partial charge >= 0.3 is 12.0 Å². The third-order valence-corrected chi connectivity index (χ3v) is 9.53. The van der Waals surface area contributed by atoms with Crippen molar-refractivity contribution in [1.29, 1.82) is 0 Å². The molecule has 0 aliphatic heterocycles. The van der Waals surface area contributed by atoms with E-state index in [4.69, 9.17) is 14.2 Å². The highest BCUT2D eigenvalue weighted by molar-refractivity contribution is 6.76. The topological polar surface area (TPSA) is 121 Å². The second-order valence-corrected chi connectivity index (χ2v) is 17.9. The van der Waals surface area contributed by atoms with Crippen LogP contribution in [0.3, 0.4) is 0 Å². The number of hydrogen-bond donors (Lipinski definition) is 1. The van der Waals surface area contributed by atoms with Crippen LogP contribution >= 0.6 is 0 Å². The van der Waals surface area contributed by atoms with Crippen LogP contribution in [0.15, 0.2) is 30.6 Å². The number of aromatic nitrogens is 5. The summed E-state index contributed by atoms with van der Waals surface area (Å²) in [7, 11) is -1.18. The van der Waals surface area contributed by atoms with Gasteiger partial charge in [-0.15, -0.1) is 5.10 Å². The Hall–Kier alpha value is -3.31. The van der Waals surface area contributed by atoms with Gasteiger partial charge in [0.1, 0.15) is 30.6 Å². The first-order chi connectivity index (χ1) is 19.1. The zero-order valence-corrected chi connectivity index (χ0v) is 24.9. The molecule has 0 bridgehead atoms. The van der Waals surface area contributed by atoms with E-state index in [0.717, 1.165) is 42.0 Å². The van der Waals surface area contributed by atoms with Gasteiger partial charge < -0.3 is 19.3 Å². The Morgan fingerprint density at radius 2 is 1.95 bits per heavy atom. The molecule has 10 nitrogen and oxygen atoms in total. The lowest BCUT2D eigenvalue weighted by molar-refractivity contribution is -0.157. The van der Waals surface area contributed by atoms with Crippen LogP contribution in [0.4, 0.5) is 0 Å². The van der Waals surface area contributed by atoms with Crippen molar-refractivity contribution in [1.82, 2.24) is 24.7 Å². The van der Waals surface area contributed by atoms with Crippen molar-refractivity contribution in [3.63, 3.8) is 0 Å². The smallest absolute Gasteiger partial charge is 0.317 e. The average molecular weight is 566 g/mol. The molecule has 11 heteroatoms. The molecule has 0 amide bonds. The fraction of sp³-hybridized carbons (Fsp3) is 0.552. The van der Waals surface area contributed by atoms with Crippen LogP contribution in [-0.2, 0) is 16.3 Å². The first-order valence-corrected chi connectivity index (χ1v) is 17.8. The van der Waals surface area contributed by atoms with Crippen LogP contribution in [0.2, 0.25) is 25.7 Å². The monoisotopic (exact) mass is 565 g/mol. The quantitative estimate of drug-likeness (QED) is 0.209. The van der Waals surface area contributed by atoms with Gasteiger partial charge in [-0.3, -0.25) is 9.78 Å². The number of aliphatic carboxylic acids is 1. The minimum absolute atomic E-state index is 0.139. The summed E-state index contributed by atoms with van der Waals surface area (Å²) in [6.45, 7) is 10.1. The summed E-state index contributed by atoms with van der Waals surface area (Å²) in [5, 5.41) is 14.2. The van der Waals surface area contributed by atoms with Gasteiger partial charge in [0.05, 0.1) is 0 Å². The normalized spacial score (nSPS) is 16.7. The van der Waals surface area contributed by atoms with Gasteiger partial charge in [-0.1, -0.05) is 32.1 Å². The highest BCUT2D eigenvalue weighted by Gasteiger charge is 2.45. The number of aryl methyl sites for hydroxylation is 1. The molecule has 2 fully saturated rings. The van der Waals surface area contributed by atoms with Crippen molar-refractivity contribution in [2.75, 3.05) is 13.2 Å². The van der Waals surface area contributed by atoms with Crippen LogP contribution in [-0.4, -0.2) is 63.2 Å². The van der Waals surface area contributed by atoms with Crippen LogP contribution in [0.1, 0.15) is 44.1 Å². The lowest BCUT2D eigenvalue weighted by atomic mass is 9.69. The molecular formula is C29H39N5O5Si. The van der Waals surface area contributed by atoms with E-state index in [0.29, 0.717) is 49.6 Å². The molecule has 5 rings (SSSR count). The Kier molecular flexibility index (Phi) is 8.23. The summed E-state index contributed by atoms with van der Waals surface area (Å²) in [6.07, 6.45) is 9.14. The molecule has 214 valence electrons. The van der Waals surface area contributed by atoms with E-state index in [-0.39, 0.29) is 12.7 Å². The molecule has 0 atom stereocenters. The molecule has 2 saturated carbocycles. The van der Waals surface area contributed by atoms with E-state index in [9.17, 15) is 9.90 Å². The number of nitrogens with zero attached hydrogens (tertiary/aromatic N) is 5. The van der Waals surface area contributed by atoms with E-state index in [1.165, 1.54) is 6.42 Å². The molecule has 3 heterocycles. The molecule has 3 aromatic heterocycles. The van der Waals surface area contributed by atoms with E-state index >= 15 is 0 Å². The third-order valence-electron chi connectivity index (χ3n) is 7.82. The molecule has 2 aliphatic rings. The zero-order chi connectivity index (χ0) is 28.3. The molecule has 0 saturated heterocycles. The lowest BCUT2D eigenvalue weighted by Gasteiger charge is -2.36. The van der Waals surface area contributed by atoms with Gasteiger partial charge in [0.2, 0.25) is 11.7 Å². The van der Waals surface area contributed by atoms with Crippen molar-refractivity contribution >= 4 is 14.0 Å². The lowest BCUT2D eigenvalue weighted by Crippen LogP contribution is -2.43. The van der Waals surface area contributed by atoms with Gasteiger partial charge in [-0.2, -0.15) is 9.67 Å². The Bertz CT molecular complexity index is 1330. The van der Waals surface area contributed by atoms with Gasteiger partial charge in [-0.25, -0.2) is 4.98 Å². The predicted molar refractivity (Wildman–Crippen MR) is 153 cm³/mol. The van der Waals surface area contributed by atoms with Gasteiger partial charge in [0.25, 0.3) is 0 Å². The van der Waals surface area contributed by atoms with Gasteiger partial charge in [-0.05, 0) is 56.7 Å². The van der Waals surface area contributed by atoms with Crippen LogP contribution < -0.4 is 9.47 Å². The Labute approximate surface area is 236 Å². The first-order valence-electron chi connectivity index (χ1n) is 14.1. The van der Waals surface area contributed by atoms with Crippen LogP contribution in [0.5, 0.6) is 11.9 Å². The van der Waals surface area contributed by atoms with Gasteiger partial charge in [0, 0.05) is 44.3 Å². The Morgan fingerprint density at radius 1 is 1.15 bits per heavy atom. The largest absolute Gasteiger partial charge is 0.481 e. The number of carboxylic acid groups (broad SMARTS) is 1. The molecule has 0 spiro atoms. The van der Waals surface area contributed by atoms with Crippen LogP contribution in [0, 0.1) is 12.3 Å². The van der Waals surface area contributed by atoms with Crippen molar-refractivity contribution in [3.05, 3.63) is 36.2 Å². The molecule has 0 unspecified atom stereocenters. The number of ether oxygens (including phenoxy) is 3. The zero-order valence-electron chi connectivity index (χ0n) is 23.9. The summed E-state index contributed by atoms with van der Waals surface area (Å²) in [6, 6.07) is 7.26. The first kappa shape index (κ1) is 28.2. The SMILES string of the molecule is Cc1cc(OCC2(C(=O)O)CCC2)ncc1-c1ccc(-c2nc(OC3CCC3)n(COCC[Si](C)(C)C)n2)nc1. The standard InChI is InChI=1S/C29H39N5O5Si/c1-20-15-25(38-18-29(27(35)36)11-6-12-29)31-17-23(20)21-9-10-24(30-16-21)26-32-28(39-22-7-5-8-22)34(33-26)19-37-13-14-40(2,3)4/h9-10,15-17,22H,5-8,11-14,18-19H2,1-4H3,(H,35,36). The minimum atomic E-state index is -1.18. The summed E-state index contributed by atoms with van der Waals surface area (Å²) in [4.78, 5) is 25.3. The fourth-order valence-corrected chi connectivity index (χ4v) is 5.36. The molecule has 40 heavy (non-hydrogen) atoms. The number of hydrogen-bond acceptors (Lipinski definition) is 8. The molecule has 2 aliphatic carbocycles.